The van der Waals surface area contributed by atoms with Gasteiger partial charge < -0.3 is 14.2 Å². The Hall–Kier alpha value is -0.610. The summed E-state index contributed by atoms with van der Waals surface area (Å²) in [5, 5.41) is 0. The third-order valence-electron chi connectivity index (χ3n) is 1.44. The molecule has 1 atom stereocenters. The van der Waals surface area contributed by atoms with E-state index in [1.54, 1.807) is 0 Å². The summed E-state index contributed by atoms with van der Waals surface area (Å²) in [5.74, 6) is -0.246. The maximum absolute atomic E-state index is 10.3. The van der Waals surface area contributed by atoms with E-state index in [4.69, 9.17) is 14.2 Å². The average Bonchev–Trinajstić information content (AvgIpc) is 2.39. The van der Waals surface area contributed by atoms with Crippen molar-refractivity contribution in [1.29, 1.82) is 0 Å². The predicted molar refractivity (Wildman–Crippen MR) is 36.9 cm³/mol. The monoisotopic (exact) mass is 160 g/mol. The SMILES string of the molecule is CC(=O)OCC[C@H]1COCO1. The summed E-state index contributed by atoms with van der Waals surface area (Å²) in [6.45, 7) is 2.79. The number of ether oxygens (including phenoxy) is 3. The normalized spacial score (nSPS) is 23.5. The Bertz CT molecular complexity index is 128. The highest BCUT2D eigenvalue weighted by molar-refractivity contribution is 5.65. The molecule has 1 saturated heterocycles. The zero-order chi connectivity index (χ0) is 8.10. The molecule has 1 fully saturated rings. The standard InChI is InChI=1S/C7H12O4/c1-6(8)10-3-2-7-4-9-5-11-7/h7H,2-5H2,1H3/t7-/m0/s1. The molecule has 0 saturated carbocycles. The van der Waals surface area contributed by atoms with E-state index >= 15 is 0 Å². The fraction of sp³-hybridized carbons (Fsp3) is 0.857. The zero-order valence-electron chi connectivity index (χ0n) is 6.54. The molecule has 0 amide bonds. The van der Waals surface area contributed by atoms with E-state index in [0.717, 1.165) is 6.42 Å². The van der Waals surface area contributed by atoms with Crippen molar-refractivity contribution in [2.45, 2.75) is 19.4 Å². The summed E-state index contributed by atoms with van der Waals surface area (Å²) in [5.41, 5.74) is 0. The van der Waals surface area contributed by atoms with Crippen LogP contribution in [0.4, 0.5) is 0 Å². The molecule has 0 bridgehead atoms. The van der Waals surface area contributed by atoms with Crippen LogP contribution in [0.15, 0.2) is 0 Å². The van der Waals surface area contributed by atoms with Crippen LogP contribution in [0.3, 0.4) is 0 Å². The second kappa shape index (κ2) is 4.31. The second-order valence-corrected chi connectivity index (χ2v) is 2.41. The molecule has 1 aliphatic heterocycles. The van der Waals surface area contributed by atoms with E-state index in [2.05, 4.69) is 0 Å². The van der Waals surface area contributed by atoms with Gasteiger partial charge in [-0.1, -0.05) is 0 Å². The number of carbonyl (C=O) groups is 1. The highest BCUT2D eigenvalue weighted by Gasteiger charge is 2.15. The Morgan fingerprint density at radius 2 is 2.55 bits per heavy atom. The highest BCUT2D eigenvalue weighted by atomic mass is 16.7. The number of hydrogen-bond acceptors (Lipinski definition) is 4. The van der Waals surface area contributed by atoms with Crippen molar-refractivity contribution in [2.75, 3.05) is 20.0 Å². The molecular weight excluding hydrogens is 148 g/mol. The van der Waals surface area contributed by atoms with Crippen LogP contribution in [0, 0.1) is 0 Å². The number of hydrogen-bond donors (Lipinski definition) is 0. The molecular formula is C7H12O4. The van der Waals surface area contributed by atoms with Gasteiger partial charge in [-0.3, -0.25) is 4.79 Å². The van der Waals surface area contributed by atoms with Crippen molar-refractivity contribution in [2.24, 2.45) is 0 Å². The molecule has 4 heteroatoms. The van der Waals surface area contributed by atoms with Gasteiger partial charge in [-0.15, -0.1) is 0 Å². The minimum atomic E-state index is -0.246. The predicted octanol–water partition coefficient (Wildman–Crippen LogP) is 0.312. The van der Waals surface area contributed by atoms with Gasteiger partial charge in [-0.25, -0.2) is 0 Å². The Balaban J connectivity index is 1.98. The smallest absolute Gasteiger partial charge is 0.302 e. The summed E-state index contributed by atoms with van der Waals surface area (Å²) in [4.78, 5) is 10.3. The molecule has 0 radical (unpaired) electrons. The maximum atomic E-state index is 10.3. The molecule has 0 aromatic heterocycles. The van der Waals surface area contributed by atoms with Crippen LogP contribution in [-0.2, 0) is 19.0 Å². The van der Waals surface area contributed by atoms with Crippen LogP contribution < -0.4 is 0 Å². The number of carbonyl (C=O) groups excluding carboxylic acids is 1. The molecule has 0 N–H and O–H groups in total. The first-order valence-electron chi connectivity index (χ1n) is 3.62. The van der Waals surface area contributed by atoms with Crippen molar-refractivity contribution in [3.8, 4) is 0 Å². The molecule has 1 rings (SSSR count). The van der Waals surface area contributed by atoms with Gasteiger partial charge in [-0.05, 0) is 0 Å². The van der Waals surface area contributed by atoms with Crippen LogP contribution in [0.25, 0.3) is 0 Å². The van der Waals surface area contributed by atoms with Crippen LogP contribution in [0.5, 0.6) is 0 Å². The van der Waals surface area contributed by atoms with Crippen LogP contribution in [0.1, 0.15) is 13.3 Å². The molecule has 0 aromatic carbocycles. The van der Waals surface area contributed by atoms with Gasteiger partial charge in [0.2, 0.25) is 0 Å². The Morgan fingerprint density at radius 1 is 1.73 bits per heavy atom. The fourth-order valence-electron chi connectivity index (χ4n) is 0.873. The molecule has 64 valence electrons. The second-order valence-electron chi connectivity index (χ2n) is 2.41. The lowest BCUT2D eigenvalue weighted by atomic mass is 10.3. The lowest BCUT2D eigenvalue weighted by Crippen LogP contribution is -2.13. The zero-order valence-corrected chi connectivity index (χ0v) is 6.54. The molecule has 0 spiro atoms. The van der Waals surface area contributed by atoms with Gasteiger partial charge in [0.1, 0.15) is 6.79 Å². The third-order valence-corrected chi connectivity index (χ3v) is 1.44. The van der Waals surface area contributed by atoms with Crippen molar-refractivity contribution in [3.63, 3.8) is 0 Å². The summed E-state index contributed by atoms with van der Waals surface area (Å²) in [6.07, 6.45) is 0.828. The number of esters is 1. The van der Waals surface area contributed by atoms with Crippen molar-refractivity contribution >= 4 is 5.97 Å². The molecule has 1 aliphatic rings. The van der Waals surface area contributed by atoms with Crippen LogP contribution >= 0.6 is 0 Å². The largest absolute Gasteiger partial charge is 0.466 e. The van der Waals surface area contributed by atoms with Gasteiger partial charge in [0.15, 0.2) is 0 Å². The first kappa shape index (κ1) is 8.49. The lowest BCUT2D eigenvalue weighted by molar-refractivity contribution is -0.141. The molecule has 0 unspecified atom stereocenters. The summed E-state index contributed by atoms with van der Waals surface area (Å²) in [6, 6.07) is 0. The highest BCUT2D eigenvalue weighted by Crippen LogP contribution is 2.06. The summed E-state index contributed by atoms with van der Waals surface area (Å²) >= 11 is 0. The fourth-order valence-corrected chi connectivity index (χ4v) is 0.873. The maximum Gasteiger partial charge on any atom is 0.302 e. The lowest BCUT2D eigenvalue weighted by Gasteiger charge is -2.05. The Labute approximate surface area is 65.4 Å². The summed E-state index contributed by atoms with van der Waals surface area (Å²) in [7, 11) is 0. The van der Waals surface area contributed by atoms with Gasteiger partial charge >= 0.3 is 5.97 Å². The van der Waals surface area contributed by atoms with E-state index in [-0.39, 0.29) is 12.1 Å². The quantitative estimate of drug-likeness (QED) is 0.557. The minimum Gasteiger partial charge on any atom is -0.466 e. The molecule has 1 heterocycles. The van der Waals surface area contributed by atoms with E-state index in [0.29, 0.717) is 20.0 Å². The molecule has 0 aromatic rings. The van der Waals surface area contributed by atoms with Crippen LogP contribution in [0.2, 0.25) is 0 Å². The van der Waals surface area contributed by atoms with Crippen LogP contribution in [-0.4, -0.2) is 32.1 Å². The van der Waals surface area contributed by atoms with E-state index in [9.17, 15) is 4.79 Å². The van der Waals surface area contributed by atoms with E-state index < -0.39 is 0 Å². The van der Waals surface area contributed by atoms with Crippen molar-refractivity contribution in [3.05, 3.63) is 0 Å². The molecule has 4 nitrogen and oxygen atoms in total. The first-order chi connectivity index (χ1) is 5.29. The number of rotatable bonds is 3. The average molecular weight is 160 g/mol. The minimum absolute atomic E-state index is 0.106. The van der Waals surface area contributed by atoms with Gasteiger partial charge in [0, 0.05) is 13.3 Å². The Morgan fingerprint density at radius 3 is 3.09 bits per heavy atom. The molecule has 0 aliphatic carbocycles. The van der Waals surface area contributed by atoms with Crippen molar-refractivity contribution in [1.82, 2.24) is 0 Å². The van der Waals surface area contributed by atoms with Gasteiger partial charge in [-0.2, -0.15) is 0 Å². The Kier molecular flexibility index (Phi) is 3.32. The van der Waals surface area contributed by atoms with Gasteiger partial charge in [0.05, 0.1) is 19.3 Å². The van der Waals surface area contributed by atoms with Gasteiger partial charge in [0.25, 0.3) is 0 Å². The topological polar surface area (TPSA) is 44.8 Å². The third kappa shape index (κ3) is 3.34. The summed E-state index contributed by atoms with van der Waals surface area (Å²) < 4.78 is 14.8. The van der Waals surface area contributed by atoms with E-state index in [1.807, 2.05) is 0 Å². The van der Waals surface area contributed by atoms with Crippen molar-refractivity contribution < 1.29 is 19.0 Å². The van der Waals surface area contributed by atoms with E-state index in [1.165, 1.54) is 6.92 Å². The first-order valence-corrected chi connectivity index (χ1v) is 3.62. The molecule has 11 heavy (non-hydrogen) atoms.